The normalized spacial score (nSPS) is 11.4. The molecule has 5 heteroatoms. The average molecular weight is 269 g/mol. The Morgan fingerprint density at radius 2 is 1.92 bits per heavy atom. The van der Waals surface area contributed by atoms with Crippen LogP contribution in [-0.4, -0.2) is 5.24 Å². The molecule has 0 unspecified atom stereocenters. The van der Waals surface area contributed by atoms with Crippen LogP contribution in [-0.2, 0) is 10.7 Å². The minimum absolute atomic E-state index is 0.161. The molecule has 0 aliphatic heterocycles. The smallest absolute Gasteiger partial charge is 0.274 e. The third kappa shape index (κ3) is 2.06. The molecule has 0 radical (unpaired) electrons. The summed E-state index contributed by atoms with van der Waals surface area (Å²) >= 11 is 7.68. The molecule has 0 aromatic heterocycles. The van der Waals surface area contributed by atoms with Crippen molar-refractivity contribution in [2.24, 2.45) is 0 Å². The highest BCUT2D eigenvalue weighted by molar-refractivity contribution is 9.10. The lowest BCUT2D eigenvalue weighted by Crippen LogP contribution is -2.21. The van der Waals surface area contributed by atoms with E-state index in [9.17, 15) is 13.6 Å². The van der Waals surface area contributed by atoms with Gasteiger partial charge in [0.15, 0.2) is 0 Å². The fourth-order valence-corrected chi connectivity index (χ4v) is 1.46. The van der Waals surface area contributed by atoms with Crippen LogP contribution in [0.25, 0.3) is 0 Å². The molecule has 0 N–H and O–H groups in total. The standard InChI is InChI=1S/C8H4BrClF2O/c9-6-4-2-1-3-5(6)8(11,12)7(10)13/h1-4H. The van der Waals surface area contributed by atoms with E-state index in [1.54, 1.807) is 6.07 Å². The largest absolute Gasteiger partial charge is 0.346 e. The molecule has 0 bridgehead atoms. The maximum Gasteiger partial charge on any atom is 0.346 e. The van der Waals surface area contributed by atoms with Crippen LogP contribution in [0.3, 0.4) is 0 Å². The molecule has 1 rings (SSSR count). The van der Waals surface area contributed by atoms with Gasteiger partial charge in [0.2, 0.25) is 0 Å². The second-order valence-corrected chi connectivity index (χ2v) is 3.53. The number of alkyl halides is 2. The second-order valence-electron chi connectivity index (χ2n) is 2.33. The third-order valence-corrected chi connectivity index (χ3v) is 2.39. The van der Waals surface area contributed by atoms with Gasteiger partial charge in [-0.25, -0.2) is 0 Å². The lowest BCUT2D eigenvalue weighted by atomic mass is 10.1. The number of hydrogen-bond acceptors (Lipinski definition) is 1. The van der Waals surface area contributed by atoms with E-state index in [1.165, 1.54) is 12.1 Å². The van der Waals surface area contributed by atoms with Gasteiger partial charge >= 0.3 is 5.92 Å². The van der Waals surface area contributed by atoms with E-state index in [-0.39, 0.29) is 4.47 Å². The van der Waals surface area contributed by atoms with Crippen molar-refractivity contribution < 1.29 is 13.6 Å². The molecule has 0 fully saturated rings. The van der Waals surface area contributed by atoms with Gasteiger partial charge in [0.25, 0.3) is 5.24 Å². The Bertz CT molecular complexity index is 341. The van der Waals surface area contributed by atoms with E-state index >= 15 is 0 Å². The summed E-state index contributed by atoms with van der Waals surface area (Å²) in [5.74, 6) is -3.64. The molecule has 0 saturated heterocycles. The zero-order chi connectivity index (χ0) is 10.1. The summed E-state index contributed by atoms with van der Waals surface area (Å²) in [6, 6.07) is 5.55. The molecule has 0 aliphatic carbocycles. The first-order valence-corrected chi connectivity index (χ1v) is 4.46. The highest BCUT2D eigenvalue weighted by Crippen LogP contribution is 2.35. The van der Waals surface area contributed by atoms with Crippen LogP contribution < -0.4 is 0 Å². The molecule has 13 heavy (non-hydrogen) atoms. The lowest BCUT2D eigenvalue weighted by Gasteiger charge is -2.12. The summed E-state index contributed by atoms with van der Waals surface area (Å²) in [6.07, 6.45) is 0. The average Bonchev–Trinajstić information content (AvgIpc) is 2.04. The summed E-state index contributed by atoms with van der Waals surface area (Å²) in [5, 5.41) is -1.68. The topological polar surface area (TPSA) is 17.1 Å². The predicted molar refractivity (Wildman–Crippen MR) is 48.9 cm³/mol. The predicted octanol–water partition coefficient (Wildman–Crippen LogP) is 3.31. The van der Waals surface area contributed by atoms with E-state index in [0.717, 1.165) is 6.07 Å². The molecule has 1 aromatic rings. The SMILES string of the molecule is O=C(Cl)C(F)(F)c1ccccc1Br. The molecular weight excluding hydrogens is 265 g/mol. The Morgan fingerprint density at radius 3 is 2.38 bits per heavy atom. The van der Waals surface area contributed by atoms with E-state index < -0.39 is 16.7 Å². The van der Waals surface area contributed by atoms with Crippen molar-refractivity contribution in [3.63, 3.8) is 0 Å². The Hall–Kier alpha value is -0.480. The first-order valence-electron chi connectivity index (χ1n) is 3.29. The molecule has 0 heterocycles. The summed E-state index contributed by atoms with van der Waals surface area (Å²) in [7, 11) is 0. The number of carbonyl (C=O) groups excluding carboxylic acids is 1. The van der Waals surface area contributed by atoms with E-state index in [2.05, 4.69) is 15.9 Å². The van der Waals surface area contributed by atoms with Gasteiger partial charge in [-0.1, -0.05) is 34.1 Å². The van der Waals surface area contributed by atoms with Crippen molar-refractivity contribution in [1.29, 1.82) is 0 Å². The third-order valence-electron chi connectivity index (χ3n) is 1.46. The van der Waals surface area contributed by atoms with Crippen LogP contribution in [0, 0.1) is 0 Å². The molecular formula is C8H4BrClF2O. The van der Waals surface area contributed by atoms with Crippen LogP contribution in [0.2, 0.25) is 0 Å². The number of halogens is 4. The van der Waals surface area contributed by atoms with Gasteiger partial charge < -0.3 is 0 Å². The highest BCUT2D eigenvalue weighted by atomic mass is 79.9. The molecule has 1 aromatic carbocycles. The fraction of sp³-hybridized carbons (Fsp3) is 0.125. The minimum atomic E-state index is -3.64. The fourth-order valence-electron chi connectivity index (χ4n) is 0.822. The number of hydrogen-bond donors (Lipinski definition) is 0. The van der Waals surface area contributed by atoms with Crippen molar-refractivity contribution in [2.45, 2.75) is 5.92 Å². The Labute approximate surface area is 86.8 Å². The van der Waals surface area contributed by atoms with Crippen LogP contribution in [0.15, 0.2) is 28.7 Å². The molecule has 1 nitrogen and oxygen atoms in total. The second kappa shape index (κ2) is 3.72. The number of benzene rings is 1. The van der Waals surface area contributed by atoms with Crippen LogP contribution in [0.5, 0.6) is 0 Å². The van der Waals surface area contributed by atoms with Gasteiger partial charge in [-0.15, -0.1) is 0 Å². The van der Waals surface area contributed by atoms with Crippen LogP contribution in [0.1, 0.15) is 5.56 Å². The van der Waals surface area contributed by atoms with Crippen molar-refractivity contribution >= 4 is 32.8 Å². The Balaban J connectivity index is 3.22. The van der Waals surface area contributed by atoms with Crippen LogP contribution in [0.4, 0.5) is 8.78 Å². The molecule has 0 spiro atoms. The quantitative estimate of drug-likeness (QED) is 0.753. The monoisotopic (exact) mass is 268 g/mol. The van der Waals surface area contributed by atoms with Gasteiger partial charge in [0.1, 0.15) is 0 Å². The zero-order valence-corrected chi connectivity index (χ0v) is 8.57. The van der Waals surface area contributed by atoms with Crippen molar-refractivity contribution in [3.8, 4) is 0 Å². The minimum Gasteiger partial charge on any atom is -0.274 e. The van der Waals surface area contributed by atoms with Gasteiger partial charge in [-0.05, 0) is 17.7 Å². The van der Waals surface area contributed by atoms with Gasteiger partial charge in [-0.3, -0.25) is 4.79 Å². The molecule has 0 saturated carbocycles. The summed E-state index contributed by atoms with van der Waals surface area (Å²) in [6.45, 7) is 0. The number of carbonyl (C=O) groups is 1. The van der Waals surface area contributed by atoms with Crippen molar-refractivity contribution in [1.82, 2.24) is 0 Å². The molecule has 0 amide bonds. The molecule has 0 atom stereocenters. The van der Waals surface area contributed by atoms with Gasteiger partial charge in [0.05, 0.1) is 0 Å². The molecule has 0 aliphatic rings. The first-order chi connectivity index (χ1) is 5.96. The highest BCUT2D eigenvalue weighted by Gasteiger charge is 2.40. The van der Waals surface area contributed by atoms with Crippen molar-refractivity contribution in [2.75, 3.05) is 0 Å². The van der Waals surface area contributed by atoms with E-state index in [0.29, 0.717) is 0 Å². The first kappa shape index (κ1) is 10.6. The summed E-state index contributed by atoms with van der Waals surface area (Å²) in [4.78, 5) is 10.4. The Kier molecular flexibility index (Phi) is 3.03. The summed E-state index contributed by atoms with van der Waals surface area (Å²) in [5.41, 5.74) is -0.421. The molecule has 70 valence electrons. The number of rotatable bonds is 2. The maximum absolute atomic E-state index is 13.0. The maximum atomic E-state index is 13.0. The Morgan fingerprint density at radius 1 is 1.38 bits per heavy atom. The van der Waals surface area contributed by atoms with Gasteiger partial charge in [0, 0.05) is 10.0 Å². The van der Waals surface area contributed by atoms with E-state index in [4.69, 9.17) is 11.6 Å². The van der Waals surface area contributed by atoms with Crippen LogP contribution >= 0.6 is 27.5 Å². The van der Waals surface area contributed by atoms with Crippen molar-refractivity contribution in [3.05, 3.63) is 34.3 Å². The summed E-state index contributed by atoms with van der Waals surface area (Å²) < 4.78 is 26.2. The zero-order valence-electron chi connectivity index (χ0n) is 6.23. The van der Waals surface area contributed by atoms with Gasteiger partial charge in [-0.2, -0.15) is 8.78 Å². The van der Waals surface area contributed by atoms with E-state index in [1.807, 2.05) is 0 Å². The lowest BCUT2D eigenvalue weighted by molar-refractivity contribution is -0.135.